The van der Waals surface area contributed by atoms with Crippen LogP contribution in [0, 0.1) is 11.6 Å². The predicted octanol–water partition coefficient (Wildman–Crippen LogP) is 1.28. The molecule has 0 fully saturated rings. The molecule has 3 rings (SSSR count). The van der Waals surface area contributed by atoms with Crippen LogP contribution in [0.5, 0.6) is 0 Å². The zero-order valence-electron chi connectivity index (χ0n) is 14.7. The van der Waals surface area contributed by atoms with Crippen LogP contribution in [0.4, 0.5) is 14.7 Å². The van der Waals surface area contributed by atoms with Crippen molar-refractivity contribution in [3.05, 3.63) is 57.0 Å². The Morgan fingerprint density at radius 2 is 1.85 bits per heavy atom. The standard InChI is InChI=1S/C18H20F2N4O2/c1-23(2)18-21-15-4-6-24(5-3-14(15)17(26)22-18)16(25)9-11-7-12(19)10-13(20)8-11/h7-8,10H,3-6,9H2,1-2H3,(H,21,22,26). The van der Waals surface area contributed by atoms with Gasteiger partial charge >= 0.3 is 0 Å². The summed E-state index contributed by atoms with van der Waals surface area (Å²) in [7, 11) is 3.57. The SMILES string of the molecule is CN(C)c1nc2c(c(=O)[nH]1)CCN(C(=O)Cc1cc(F)cc(F)c1)CC2. The Morgan fingerprint density at radius 1 is 1.19 bits per heavy atom. The Labute approximate surface area is 149 Å². The van der Waals surface area contributed by atoms with Crippen molar-refractivity contribution in [3.63, 3.8) is 0 Å². The van der Waals surface area contributed by atoms with Gasteiger partial charge in [-0.2, -0.15) is 0 Å². The first-order valence-electron chi connectivity index (χ1n) is 8.35. The largest absolute Gasteiger partial charge is 0.348 e. The van der Waals surface area contributed by atoms with Gasteiger partial charge in [0.2, 0.25) is 11.9 Å². The molecule has 0 unspecified atom stereocenters. The molecular weight excluding hydrogens is 342 g/mol. The second kappa shape index (κ2) is 7.23. The summed E-state index contributed by atoms with van der Waals surface area (Å²) in [6.07, 6.45) is 0.774. The number of aromatic nitrogens is 2. The van der Waals surface area contributed by atoms with Crippen molar-refractivity contribution < 1.29 is 13.6 Å². The van der Waals surface area contributed by atoms with Gasteiger partial charge < -0.3 is 9.80 Å². The van der Waals surface area contributed by atoms with Crippen molar-refractivity contribution in [1.29, 1.82) is 0 Å². The van der Waals surface area contributed by atoms with Crippen LogP contribution >= 0.6 is 0 Å². The third-order valence-corrected chi connectivity index (χ3v) is 4.39. The minimum absolute atomic E-state index is 0.0856. The fourth-order valence-electron chi connectivity index (χ4n) is 3.06. The number of H-pyrrole nitrogens is 1. The number of fused-ring (bicyclic) bond motifs is 1. The molecule has 0 atom stereocenters. The maximum atomic E-state index is 13.3. The maximum absolute atomic E-state index is 13.3. The van der Waals surface area contributed by atoms with E-state index in [0.717, 1.165) is 18.2 Å². The van der Waals surface area contributed by atoms with Gasteiger partial charge in [0.15, 0.2) is 0 Å². The summed E-state index contributed by atoms with van der Waals surface area (Å²) in [4.78, 5) is 35.3. The van der Waals surface area contributed by atoms with Crippen molar-refractivity contribution in [1.82, 2.24) is 14.9 Å². The molecule has 0 spiro atoms. The smallest absolute Gasteiger partial charge is 0.255 e. The molecule has 8 heteroatoms. The summed E-state index contributed by atoms with van der Waals surface area (Å²) in [6, 6.07) is 3.09. The molecule has 1 N–H and O–H groups in total. The van der Waals surface area contributed by atoms with Crippen molar-refractivity contribution in [3.8, 4) is 0 Å². The molecule has 2 heterocycles. The average molecular weight is 362 g/mol. The number of carbonyl (C=O) groups excluding carboxylic acids is 1. The molecule has 138 valence electrons. The van der Waals surface area contributed by atoms with E-state index < -0.39 is 11.6 Å². The van der Waals surface area contributed by atoms with Gasteiger partial charge in [0, 0.05) is 45.2 Å². The number of anilines is 1. The van der Waals surface area contributed by atoms with Gasteiger partial charge in [0.25, 0.3) is 5.56 Å². The van der Waals surface area contributed by atoms with E-state index >= 15 is 0 Å². The molecule has 1 aromatic heterocycles. The molecule has 1 aliphatic rings. The number of carbonyl (C=O) groups is 1. The summed E-state index contributed by atoms with van der Waals surface area (Å²) >= 11 is 0. The second-order valence-corrected chi connectivity index (χ2v) is 6.54. The highest BCUT2D eigenvalue weighted by Gasteiger charge is 2.22. The molecule has 26 heavy (non-hydrogen) atoms. The first-order chi connectivity index (χ1) is 12.3. The first kappa shape index (κ1) is 18.0. The van der Waals surface area contributed by atoms with E-state index in [1.54, 1.807) is 23.9 Å². The molecule has 0 radical (unpaired) electrons. The van der Waals surface area contributed by atoms with Crippen LogP contribution in [0.15, 0.2) is 23.0 Å². The van der Waals surface area contributed by atoms with Gasteiger partial charge in [-0.3, -0.25) is 14.6 Å². The van der Waals surface area contributed by atoms with Crippen LogP contribution < -0.4 is 10.5 Å². The molecule has 2 aromatic rings. The Hall–Kier alpha value is -2.77. The minimum Gasteiger partial charge on any atom is -0.348 e. The van der Waals surface area contributed by atoms with Crippen LogP contribution in [0.2, 0.25) is 0 Å². The molecule has 0 aliphatic carbocycles. The van der Waals surface area contributed by atoms with Crippen LogP contribution in [-0.4, -0.2) is 48.0 Å². The van der Waals surface area contributed by atoms with Crippen LogP contribution in [-0.2, 0) is 24.1 Å². The summed E-state index contributed by atoms with van der Waals surface area (Å²) < 4.78 is 26.6. The minimum atomic E-state index is -0.706. The van der Waals surface area contributed by atoms with E-state index in [4.69, 9.17) is 0 Å². The first-order valence-corrected chi connectivity index (χ1v) is 8.35. The van der Waals surface area contributed by atoms with E-state index in [0.29, 0.717) is 48.7 Å². The number of hydrogen-bond donors (Lipinski definition) is 1. The van der Waals surface area contributed by atoms with Crippen molar-refractivity contribution in [2.75, 3.05) is 32.1 Å². The zero-order chi connectivity index (χ0) is 18.8. The van der Waals surface area contributed by atoms with E-state index in [-0.39, 0.29) is 17.9 Å². The Bertz CT molecular complexity index is 875. The van der Waals surface area contributed by atoms with Gasteiger partial charge in [0.05, 0.1) is 12.1 Å². The van der Waals surface area contributed by atoms with Crippen LogP contribution in [0.3, 0.4) is 0 Å². The Kier molecular flexibility index (Phi) is 5.01. The number of nitrogens with one attached hydrogen (secondary N) is 1. The molecule has 0 saturated heterocycles. The van der Waals surface area contributed by atoms with Gasteiger partial charge in [-0.15, -0.1) is 0 Å². The van der Waals surface area contributed by atoms with Crippen molar-refractivity contribution >= 4 is 11.9 Å². The third-order valence-electron chi connectivity index (χ3n) is 4.39. The van der Waals surface area contributed by atoms with Gasteiger partial charge in [-0.25, -0.2) is 13.8 Å². The Balaban J connectivity index is 1.75. The quantitative estimate of drug-likeness (QED) is 0.893. The molecule has 1 aromatic carbocycles. The lowest BCUT2D eigenvalue weighted by Crippen LogP contribution is -2.34. The summed E-state index contributed by atoms with van der Waals surface area (Å²) in [5.74, 6) is -1.16. The van der Waals surface area contributed by atoms with E-state index in [9.17, 15) is 18.4 Å². The predicted molar refractivity (Wildman–Crippen MR) is 93.2 cm³/mol. The van der Waals surface area contributed by atoms with Crippen molar-refractivity contribution in [2.24, 2.45) is 0 Å². The molecule has 0 saturated carbocycles. The number of aromatic amines is 1. The lowest BCUT2D eigenvalue weighted by molar-refractivity contribution is -0.130. The third kappa shape index (κ3) is 3.89. The average Bonchev–Trinajstić information content (AvgIpc) is 2.76. The second-order valence-electron chi connectivity index (χ2n) is 6.54. The topological polar surface area (TPSA) is 69.3 Å². The molecular formula is C18H20F2N4O2. The van der Waals surface area contributed by atoms with Gasteiger partial charge in [-0.05, 0) is 24.1 Å². The number of amides is 1. The van der Waals surface area contributed by atoms with Crippen LogP contribution in [0.1, 0.15) is 16.8 Å². The highest BCUT2D eigenvalue weighted by molar-refractivity contribution is 5.79. The fourth-order valence-corrected chi connectivity index (χ4v) is 3.06. The van der Waals surface area contributed by atoms with E-state index in [2.05, 4.69) is 9.97 Å². The molecule has 6 nitrogen and oxygen atoms in total. The summed E-state index contributed by atoms with van der Waals surface area (Å²) in [6.45, 7) is 0.780. The monoisotopic (exact) mass is 362 g/mol. The van der Waals surface area contributed by atoms with E-state index in [1.807, 2.05) is 0 Å². The molecule has 1 aliphatic heterocycles. The van der Waals surface area contributed by atoms with Gasteiger partial charge in [-0.1, -0.05) is 0 Å². The molecule has 0 bridgehead atoms. The number of benzene rings is 1. The van der Waals surface area contributed by atoms with Crippen molar-refractivity contribution in [2.45, 2.75) is 19.3 Å². The van der Waals surface area contributed by atoms with E-state index in [1.165, 1.54) is 0 Å². The number of nitrogens with zero attached hydrogens (tertiary/aromatic N) is 3. The number of halogens is 2. The number of hydrogen-bond acceptors (Lipinski definition) is 4. The highest BCUT2D eigenvalue weighted by atomic mass is 19.1. The number of rotatable bonds is 3. The lowest BCUT2D eigenvalue weighted by atomic mass is 10.1. The highest BCUT2D eigenvalue weighted by Crippen LogP contribution is 2.15. The summed E-state index contributed by atoms with van der Waals surface area (Å²) in [5.41, 5.74) is 1.37. The van der Waals surface area contributed by atoms with Gasteiger partial charge in [0.1, 0.15) is 11.6 Å². The normalized spacial score (nSPS) is 13.9. The lowest BCUT2D eigenvalue weighted by Gasteiger charge is -2.20. The zero-order valence-corrected chi connectivity index (χ0v) is 14.7. The fraction of sp³-hybridized carbons (Fsp3) is 0.389. The summed E-state index contributed by atoms with van der Waals surface area (Å²) in [5, 5.41) is 0. The Morgan fingerprint density at radius 3 is 2.50 bits per heavy atom. The molecule has 1 amide bonds. The van der Waals surface area contributed by atoms with Crippen LogP contribution in [0.25, 0.3) is 0 Å². The maximum Gasteiger partial charge on any atom is 0.255 e.